The Morgan fingerprint density at radius 3 is 2.53 bits per heavy atom. The number of piperazine rings is 1. The molecule has 2 heterocycles. The predicted molar refractivity (Wildman–Crippen MR) is 193 cm³/mol. The number of amides is 2. The molecule has 6 aliphatic rings. The van der Waals surface area contributed by atoms with Gasteiger partial charge in [0.1, 0.15) is 25.1 Å². The Balaban J connectivity index is 0.662. The van der Waals surface area contributed by atoms with Crippen molar-refractivity contribution >= 4 is 40.7 Å². The third-order valence-electron chi connectivity index (χ3n) is 12.6. The van der Waals surface area contributed by atoms with Crippen LogP contribution in [0.2, 0.25) is 10.0 Å². The first-order valence-electron chi connectivity index (χ1n) is 18.7. The Labute approximate surface area is 310 Å². The van der Waals surface area contributed by atoms with Crippen LogP contribution in [-0.4, -0.2) is 95.2 Å². The maximum absolute atomic E-state index is 12.8. The van der Waals surface area contributed by atoms with Gasteiger partial charge in [-0.1, -0.05) is 29.3 Å². The molecule has 7 atom stereocenters. The Morgan fingerprint density at radius 1 is 0.902 bits per heavy atom. The topological polar surface area (TPSA) is 98.8 Å². The van der Waals surface area contributed by atoms with Gasteiger partial charge in [-0.2, -0.15) is 0 Å². The molecule has 0 aromatic heterocycles. The number of nitrogens with one attached hydrogen (secondary N) is 1. The van der Waals surface area contributed by atoms with Crippen molar-refractivity contribution in [3.63, 3.8) is 0 Å². The van der Waals surface area contributed by atoms with Crippen molar-refractivity contribution in [2.24, 2.45) is 28.6 Å². The fourth-order valence-corrected chi connectivity index (χ4v) is 11.0. The molecule has 12 heteroatoms. The summed E-state index contributed by atoms with van der Waals surface area (Å²) in [6.45, 7) is 5.29. The molecule has 6 unspecified atom stereocenters. The van der Waals surface area contributed by atoms with Gasteiger partial charge in [-0.25, -0.2) is 0 Å². The quantitative estimate of drug-likeness (QED) is 0.226. The van der Waals surface area contributed by atoms with Crippen LogP contribution in [-0.2, 0) is 28.5 Å². The van der Waals surface area contributed by atoms with Crippen LogP contribution in [0.15, 0.2) is 42.5 Å². The normalized spacial score (nSPS) is 31.8. The fraction of sp³-hybridized carbons (Fsp3) is 0.641. The third-order valence-corrected chi connectivity index (χ3v) is 13.2. The Hall–Kier alpha value is -2.60. The summed E-state index contributed by atoms with van der Waals surface area (Å²) < 4.78 is 29.0. The fourth-order valence-electron chi connectivity index (χ4n) is 10.5. The van der Waals surface area contributed by atoms with Crippen LogP contribution >= 0.6 is 23.2 Å². The van der Waals surface area contributed by atoms with E-state index in [1.165, 1.54) is 38.5 Å². The zero-order valence-corrected chi connectivity index (χ0v) is 30.7. The monoisotopic (exact) mass is 741 g/mol. The summed E-state index contributed by atoms with van der Waals surface area (Å²) in [5.74, 6) is 3.63. The van der Waals surface area contributed by atoms with E-state index in [1.807, 2.05) is 35.2 Å². The van der Waals surface area contributed by atoms with Crippen molar-refractivity contribution in [2.45, 2.75) is 57.3 Å². The average Bonchev–Trinajstić information content (AvgIpc) is 3.72. The van der Waals surface area contributed by atoms with Gasteiger partial charge < -0.3 is 38.8 Å². The molecule has 51 heavy (non-hydrogen) atoms. The highest BCUT2D eigenvalue weighted by Crippen LogP contribution is 2.82. The average molecular weight is 743 g/mol. The maximum Gasteiger partial charge on any atom is 0.248 e. The molecule has 2 aromatic carbocycles. The highest BCUT2D eigenvalue weighted by molar-refractivity contribution is 6.35. The molecule has 4 aliphatic carbocycles. The maximum atomic E-state index is 12.8. The van der Waals surface area contributed by atoms with E-state index in [1.54, 1.807) is 12.1 Å². The first-order valence-corrected chi connectivity index (χ1v) is 19.4. The first-order chi connectivity index (χ1) is 24.8. The molecule has 2 aromatic rings. The van der Waals surface area contributed by atoms with Gasteiger partial charge in [-0.15, -0.1) is 0 Å². The summed E-state index contributed by atoms with van der Waals surface area (Å²) in [5.41, 5.74) is 2.62. The molecule has 1 spiro atoms. The number of halogens is 2. The molecule has 10 nitrogen and oxygen atoms in total. The van der Waals surface area contributed by atoms with Gasteiger partial charge in [0.15, 0.2) is 6.29 Å². The van der Waals surface area contributed by atoms with Crippen LogP contribution in [0.25, 0.3) is 0 Å². The van der Waals surface area contributed by atoms with Crippen molar-refractivity contribution in [1.82, 2.24) is 10.2 Å². The van der Waals surface area contributed by atoms with Crippen LogP contribution in [0.1, 0.15) is 56.8 Å². The van der Waals surface area contributed by atoms with E-state index in [2.05, 4.69) is 10.2 Å². The van der Waals surface area contributed by atoms with Gasteiger partial charge in [0.05, 0.1) is 31.5 Å². The molecule has 2 saturated heterocycles. The number of carbonyl (C=O) groups excluding carboxylic acids is 2. The Kier molecular flexibility index (Phi) is 10.4. The minimum absolute atomic E-state index is 0.00795. The second-order valence-electron chi connectivity index (χ2n) is 15.6. The summed E-state index contributed by atoms with van der Waals surface area (Å²) in [6, 6.07) is 13.2. The standard InChI is InChI=1S/C39H49Cl2N3O7/c40-29-1-6-33(34(41)17-29)37-50-24-32(51-37)23-49-31-4-2-30(3-5-31)43-8-10-44(11-9-43)36(46)25-48-14-13-47-12-7-42-35(45)22-38-18-27-15-26-16-28(21-38)39(38,19-26)20-27/h1-6,17,26-28,32,37H,7-16,18-25H2,(H,42,45)/t26?,27?,28?,32-,37?,38?,39?/m0/s1. The van der Waals surface area contributed by atoms with Gasteiger partial charge in [0, 0.05) is 55.4 Å². The Bertz CT molecular complexity index is 1570. The number of rotatable bonds is 15. The molecular weight excluding hydrogens is 693 g/mol. The van der Waals surface area contributed by atoms with Crippen LogP contribution < -0.4 is 15.0 Å². The van der Waals surface area contributed by atoms with Gasteiger partial charge in [0.2, 0.25) is 11.8 Å². The SMILES string of the molecule is O=C(CC12CC3CC4CC(C1)C2(C4)C3)NCCOCCOCC(=O)N1CCN(c2ccc(OC[C@H]3COC(c4ccc(Cl)cc4Cl)O3)cc2)CC1. The third kappa shape index (κ3) is 7.34. The highest BCUT2D eigenvalue weighted by Gasteiger charge is 2.74. The van der Waals surface area contributed by atoms with Crippen molar-refractivity contribution < 1.29 is 33.3 Å². The van der Waals surface area contributed by atoms with E-state index in [0.717, 1.165) is 47.8 Å². The van der Waals surface area contributed by atoms with E-state index in [4.69, 9.17) is 46.9 Å². The first kappa shape index (κ1) is 35.4. The lowest BCUT2D eigenvalue weighted by Gasteiger charge is -2.59. The number of hydrogen-bond acceptors (Lipinski definition) is 8. The number of anilines is 1. The zero-order valence-electron chi connectivity index (χ0n) is 29.2. The van der Waals surface area contributed by atoms with Crippen LogP contribution in [0.4, 0.5) is 5.69 Å². The van der Waals surface area contributed by atoms with Gasteiger partial charge in [0.25, 0.3) is 0 Å². The smallest absolute Gasteiger partial charge is 0.248 e. The number of fused-ring (bicyclic) bond motifs is 2. The van der Waals surface area contributed by atoms with Crippen LogP contribution in [0.3, 0.4) is 0 Å². The zero-order chi connectivity index (χ0) is 35.0. The lowest BCUT2D eigenvalue weighted by molar-refractivity contribution is -0.141. The minimum atomic E-state index is -0.543. The second-order valence-corrected chi connectivity index (χ2v) is 16.5. The lowest BCUT2D eigenvalue weighted by atomic mass is 9.45. The van der Waals surface area contributed by atoms with E-state index in [0.29, 0.717) is 74.5 Å². The van der Waals surface area contributed by atoms with Crippen LogP contribution in [0.5, 0.6) is 5.75 Å². The van der Waals surface area contributed by atoms with E-state index >= 15 is 0 Å². The second kappa shape index (κ2) is 15.0. The molecule has 3 bridgehead atoms. The van der Waals surface area contributed by atoms with E-state index in [9.17, 15) is 9.59 Å². The molecule has 1 N–H and O–H groups in total. The summed E-state index contributed by atoms with van der Waals surface area (Å²) in [6.07, 6.45) is 8.10. The van der Waals surface area contributed by atoms with Crippen LogP contribution in [0, 0.1) is 28.6 Å². The van der Waals surface area contributed by atoms with E-state index in [-0.39, 0.29) is 29.9 Å². The number of benzene rings is 2. The number of hydrogen-bond donors (Lipinski definition) is 1. The van der Waals surface area contributed by atoms with Crippen molar-refractivity contribution in [2.75, 3.05) is 77.3 Å². The molecule has 6 fully saturated rings. The molecule has 4 saturated carbocycles. The summed E-state index contributed by atoms with van der Waals surface area (Å²) in [4.78, 5) is 29.7. The highest BCUT2D eigenvalue weighted by atomic mass is 35.5. The van der Waals surface area contributed by atoms with Gasteiger partial charge >= 0.3 is 0 Å². The predicted octanol–water partition coefficient (Wildman–Crippen LogP) is 5.89. The number of carbonyl (C=O) groups is 2. The van der Waals surface area contributed by atoms with Gasteiger partial charge in [-0.3, -0.25) is 9.59 Å². The number of ether oxygens (including phenoxy) is 5. The largest absolute Gasteiger partial charge is 0.491 e. The molecule has 276 valence electrons. The molecule has 2 amide bonds. The summed E-state index contributed by atoms with van der Waals surface area (Å²) >= 11 is 12.3. The van der Waals surface area contributed by atoms with Crippen molar-refractivity contribution in [3.8, 4) is 5.75 Å². The number of nitrogens with zero attached hydrogens (tertiary/aromatic N) is 2. The molecule has 2 aliphatic heterocycles. The summed E-state index contributed by atoms with van der Waals surface area (Å²) in [5, 5.41) is 4.17. The molecule has 8 rings (SSSR count). The lowest BCUT2D eigenvalue weighted by Crippen LogP contribution is -2.54. The molecular formula is C39H49Cl2N3O7. The minimum Gasteiger partial charge on any atom is -0.491 e. The van der Waals surface area contributed by atoms with Gasteiger partial charge in [-0.05, 0) is 104 Å². The van der Waals surface area contributed by atoms with Crippen molar-refractivity contribution in [1.29, 1.82) is 0 Å². The molecule has 0 radical (unpaired) electrons. The Morgan fingerprint density at radius 2 is 1.71 bits per heavy atom. The summed E-state index contributed by atoms with van der Waals surface area (Å²) in [7, 11) is 0. The van der Waals surface area contributed by atoms with E-state index < -0.39 is 6.29 Å². The van der Waals surface area contributed by atoms with Crippen molar-refractivity contribution in [3.05, 3.63) is 58.1 Å².